The molecule has 3 amide bonds. The molecule has 0 aromatic carbocycles. The number of aromatic nitrogens is 2. The quantitative estimate of drug-likeness (QED) is 0.819. The van der Waals surface area contributed by atoms with Crippen LogP contribution in [0.15, 0.2) is 12.4 Å². The van der Waals surface area contributed by atoms with Crippen molar-refractivity contribution in [2.45, 2.75) is 19.3 Å². The second-order valence-corrected chi connectivity index (χ2v) is 5.60. The first-order chi connectivity index (χ1) is 11.0. The van der Waals surface area contributed by atoms with Gasteiger partial charge in [-0.25, -0.2) is 14.8 Å². The third kappa shape index (κ3) is 3.22. The maximum Gasteiger partial charge on any atom is 0.328 e. The van der Waals surface area contributed by atoms with Crippen molar-refractivity contribution in [1.29, 1.82) is 0 Å². The molecule has 9 heteroatoms. The number of carboxylic acid groups (broad SMARTS) is 1. The zero-order valence-electron chi connectivity index (χ0n) is 12.4. The molecule has 2 saturated heterocycles. The molecule has 2 N–H and O–H groups in total. The summed E-state index contributed by atoms with van der Waals surface area (Å²) in [5.41, 5.74) is 0.527. The van der Waals surface area contributed by atoms with Crippen molar-refractivity contribution in [2.24, 2.45) is 5.92 Å². The number of piperidine rings is 1. The SMILES string of the molecule is O=C1CCN(c2cnc(N3CCC(C(=O)O)CC3)nc2)C(=O)N1. The fourth-order valence-corrected chi connectivity index (χ4v) is 2.75. The molecule has 2 aliphatic heterocycles. The lowest BCUT2D eigenvalue weighted by Gasteiger charge is -2.30. The van der Waals surface area contributed by atoms with E-state index in [0.29, 0.717) is 44.1 Å². The number of aliphatic carboxylic acids is 1. The number of hydrogen-bond acceptors (Lipinski definition) is 6. The van der Waals surface area contributed by atoms with E-state index >= 15 is 0 Å². The average molecular weight is 319 g/mol. The van der Waals surface area contributed by atoms with Crippen LogP contribution in [0.3, 0.4) is 0 Å². The second-order valence-electron chi connectivity index (χ2n) is 5.60. The van der Waals surface area contributed by atoms with Gasteiger partial charge in [-0.05, 0) is 12.8 Å². The second kappa shape index (κ2) is 6.19. The number of carbonyl (C=O) groups excluding carboxylic acids is 2. The summed E-state index contributed by atoms with van der Waals surface area (Å²) in [6.45, 7) is 1.49. The van der Waals surface area contributed by atoms with Crippen LogP contribution in [-0.2, 0) is 9.59 Å². The highest BCUT2D eigenvalue weighted by molar-refractivity contribution is 6.05. The predicted octanol–water partition coefficient (Wildman–Crippen LogP) is 0.224. The minimum absolute atomic E-state index is 0.246. The number of carboxylic acids is 1. The summed E-state index contributed by atoms with van der Waals surface area (Å²) in [5, 5.41) is 11.2. The summed E-state index contributed by atoms with van der Waals surface area (Å²) in [6.07, 6.45) is 4.46. The van der Waals surface area contributed by atoms with Gasteiger partial charge < -0.3 is 10.0 Å². The molecule has 2 aliphatic rings. The Labute approximate surface area is 132 Å². The van der Waals surface area contributed by atoms with Crippen LogP contribution in [0, 0.1) is 5.92 Å². The topological polar surface area (TPSA) is 116 Å². The zero-order valence-corrected chi connectivity index (χ0v) is 12.4. The number of anilines is 2. The minimum Gasteiger partial charge on any atom is -0.481 e. The Kier molecular flexibility index (Phi) is 4.09. The Hall–Kier alpha value is -2.71. The van der Waals surface area contributed by atoms with Crippen LogP contribution in [0.25, 0.3) is 0 Å². The molecule has 9 nitrogen and oxygen atoms in total. The van der Waals surface area contributed by atoms with Crippen LogP contribution in [0.2, 0.25) is 0 Å². The van der Waals surface area contributed by atoms with Crippen LogP contribution >= 0.6 is 0 Å². The third-order valence-corrected chi connectivity index (χ3v) is 4.12. The van der Waals surface area contributed by atoms with Crippen molar-refractivity contribution < 1.29 is 19.5 Å². The van der Waals surface area contributed by atoms with Gasteiger partial charge >= 0.3 is 12.0 Å². The predicted molar refractivity (Wildman–Crippen MR) is 80.1 cm³/mol. The van der Waals surface area contributed by atoms with Crippen molar-refractivity contribution >= 4 is 29.5 Å². The third-order valence-electron chi connectivity index (χ3n) is 4.12. The number of nitrogens with zero attached hydrogens (tertiary/aromatic N) is 4. The number of hydrogen-bond donors (Lipinski definition) is 2. The summed E-state index contributed by atoms with van der Waals surface area (Å²) in [7, 11) is 0. The number of carbonyl (C=O) groups is 3. The summed E-state index contributed by atoms with van der Waals surface area (Å²) in [6, 6.07) is -0.472. The van der Waals surface area contributed by atoms with E-state index < -0.39 is 12.0 Å². The Morgan fingerprint density at radius 1 is 1.17 bits per heavy atom. The number of nitrogens with one attached hydrogen (secondary N) is 1. The van der Waals surface area contributed by atoms with Crippen LogP contribution in [0.4, 0.5) is 16.4 Å². The molecule has 1 aromatic rings. The normalized spacial score (nSPS) is 19.7. The van der Waals surface area contributed by atoms with E-state index in [4.69, 9.17) is 5.11 Å². The van der Waals surface area contributed by atoms with Crippen molar-refractivity contribution in [2.75, 3.05) is 29.4 Å². The van der Waals surface area contributed by atoms with E-state index in [1.807, 2.05) is 4.90 Å². The van der Waals surface area contributed by atoms with Gasteiger partial charge in [0.1, 0.15) is 0 Å². The molecule has 0 saturated carbocycles. The molecular formula is C14H17N5O4. The van der Waals surface area contributed by atoms with E-state index in [1.54, 1.807) is 12.4 Å². The molecule has 3 heterocycles. The lowest BCUT2D eigenvalue weighted by Crippen LogP contribution is -2.49. The first-order valence-corrected chi connectivity index (χ1v) is 7.46. The minimum atomic E-state index is -0.758. The summed E-state index contributed by atoms with van der Waals surface area (Å²) >= 11 is 0. The lowest BCUT2D eigenvalue weighted by atomic mass is 9.97. The first kappa shape index (κ1) is 15.2. The van der Waals surface area contributed by atoms with Crippen LogP contribution in [-0.4, -0.2) is 52.6 Å². The Bertz CT molecular complexity index is 625. The monoisotopic (exact) mass is 319 g/mol. The molecule has 122 valence electrons. The Morgan fingerprint density at radius 2 is 1.83 bits per heavy atom. The van der Waals surface area contributed by atoms with Crippen molar-refractivity contribution in [3.8, 4) is 0 Å². The highest BCUT2D eigenvalue weighted by Crippen LogP contribution is 2.22. The molecular weight excluding hydrogens is 302 g/mol. The van der Waals surface area contributed by atoms with E-state index in [2.05, 4.69) is 15.3 Å². The van der Waals surface area contributed by atoms with E-state index in [0.717, 1.165) is 0 Å². The van der Waals surface area contributed by atoms with Gasteiger partial charge in [-0.1, -0.05) is 0 Å². The highest BCUT2D eigenvalue weighted by Gasteiger charge is 2.27. The summed E-state index contributed by atoms with van der Waals surface area (Å²) in [4.78, 5) is 45.7. The van der Waals surface area contributed by atoms with Crippen LogP contribution in [0.5, 0.6) is 0 Å². The Balaban J connectivity index is 1.65. The first-order valence-electron chi connectivity index (χ1n) is 7.46. The highest BCUT2D eigenvalue weighted by atomic mass is 16.4. The van der Waals surface area contributed by atoms with Gasteiger partial charge in [-0.15, -0.1) is 0 Å². The largest absolute Gasteiger partial charge is 0.481 e. The van der Waals surface area contributed by atoms with E-state index in [1.165, 1.54) is 4.90 Å². The van der Waals surface area contributed by atoms with Gasteiger partial charge in [0.05, 0.1) is 24.0 Å². The number of urea groups is 1. The molecule has 23 heavy (non-hydrogen) atoms. The maximum atomic E-state index is 11.8. The van der Waals surface area contributed by atoms with Crippen LogP contribution < -0.4 is 15.1 Å². The molecule has 1 aromatic heterocycles. The summed E-state index contributed by atoms with van der Waals surface area (Å²) < 4.78 is 0. The average Bonchev–Trinajstić information content (AvgIpc) is 2.55. The number of imide groups is 1. The number of amides is 3. The van der Waals surface area contributed by atoms with Gasteiger partial charge in [0, 0.05) is 26.1 Å². The fourth-order valence-electron chi connectivity index (χ4n) is 2.75. The number of rotatable bonds is 3. The van der Waals surface area contributed by atoms with Crippen molar-refractivity contribution in [1.82, 2.24) is 15.3 Å². The van der Waals surface area contributed by atoms with E-state index in [-0.39, 0.29) is 18.2 Å². The maximum absolute atomic E-state index is 11.8. The molecule has 0 radical (unpaired) electrons. The fraction of sp³-hybridized carbons (Fsp3) is 0.500. The molecule has 0 atom stereocenters. The van der Waals surface area contributed by atoms with Crippen LogP contribution in [0.1, 0.15) is 19.3 Å². The van der Waals surface area contributed by atoms with Crippen molar-refractivity contribution in [3.63, 3.8) is 0 Å². The van der Waals surface area contributed by atoms with Gasteiger partial charge in [-0.2, -0.15) is 0 Å². The lowest BCUT2D eigenvalue weighted by molar-refractivity contribution is -0.142. The molecule has 0 spiro atoms. The van der Waals surface area contributed by atoms with E-state index in [9.17, 15) is 14.4 Å². The zero-order chi connectivity index (χ0) is 16.4. The molecule has 2 fully saturated rings. The van der Waals surface area contributed by atoms with Gasteiger partial charge in [0.2, 0.25) is 11.9 Å². The molecule has 0 bridgehead atoms. The van der Waals surface area contributed by atoms with Gasteiger partial charge in [-0.3, -0.25) is 19.8 Å². The van der Waals surface area contributed by atoms with Crippen molar-refractivity contribution in [3.05, 3.63) is 12.4 Å². The molecule has 0 unspecified atom stereocenters. The smallest absolute Gasteiger partial charge is 0.328 e. The summed E-state index contributed by atoms with van der Waals surface area (Å²) in [5.74, 6) is -0.831. The van der Waals surface area contributed by atoms with Gasteiger partial charge in [0.25, 0.3) is 0 Å². The van der Waals surface area contributed by atoms with Gasteiger partial charge in [0.15, 0.2) is 0 Å². The molecule has 0 aliphatic carbocycles. The molecule has 3 rings (SSSR count). The standard InChI is InChI=1S/C14H17N5O4/c20-11-3-6-19(14(23)17-11)10-7-15-13(16-8-10)18-4-1-9(2-5-18)12(21)22/h7-9H,1-6H2,(H,21,22)(H,17,20,23). The Morgan fingerprint density at radius 3 is 2.39 bits per heavy atom.